The van der Waals surface area contributed by atoms with Crippen LogP contribution in [-0.2, 0) is 4.79 Å². The van der Waals surface area contributed by atoms with Gasteiger partial charge < -0.3 is 5.32 Å². The molecule has 5 nitrogen and oxygen atoms in total. The second kappa shape index (κ2) is 9.06. The molecule has 2 aromatic carbocycles. The molecule has 28 heavy (non-hydrogen) atoms. The predicted octanol–water partition coefficient (Wildman–Crippen LogP) is 4.01. The highest BCUT2D eigenvalue weighted by molar-refractivity contribution is 7.99. The second-order valence-electron chi connectivity index (χ2n) is 6.84. The van der Waals surface area contributed by atoms with Crippen LogP contribution >= 0.6 is 11.8 Å². The highest BCUT2D eigenvalue weighted by Gasteiger charge is 2.19. The third-order valence-corrected chi connectivity index (χ3v) is 5.75. The van der Waals surface area contributed by atoms with E-state index in [2.05, 4.69) is 5.32 Å². The minimum atomic E-state index is -0.189. The van der Waals surface area contributed by atoms with Gasteiger partial charge in [0.05, 0.1) is 22.7 Å². The number of nitrogens with one attached hydrogen (secondary N) is 1. The average molecular weight is 396 g/mol. The van der Waals surface area contributed by atoms with Crippen molar-refractivity contribution in [2.75, 3.05) is 5.75 Å². The van der Waals surface area contributed by atoms with E-state index >= 15 is 0 Å². The van der Waals surface area contributed by atoms with E-state index in [-0.39, 0.29) is 29.3 Å². The van der Waals surface area contributed by atoms with Gasteiger partial charge in [0.2, 0.25) is 5.91 Å². The molecular formula is C22H25N3O2S. The Morgan fingerprint density at radius 2 is 1.79 bits per heavy atom. The van der Waals surface area contributed by atoms with Crippen LogP contribution < -0.4 is 10.9 Å². The number of benzene rings is 2. The minimum Gasteiger partial charge on any atom is -0.353 e. The fraction of sp³-hybridized carbons (Fsp3) is 0.318. The van der Waals surface area contributed by atoms with Gasteiger partial charge in [0, 0.05) is 6.04 Å². The molecule has 0 aliphatic heterocycles. The van der Waals surface area contributed by atoms with Crippen molar-refractivity contribution in [3.8, 4) is 0 Å². The van der Waals surface area contributed by atoms with E-state index in [0.29, 0.717) is 16.1 Å². The van der Waals surface area contributed by atoms with Crippen molar-refractivity contribution in [1.82, 2.24) is 14.9 Å². The molecule has 0 saturated heterocycles. The quantitative estimate of drug-likeness (QED) is 0.485. The van der Waals surface area contributed by atoms with Crippen molar-refractivity contribution in [3.63, 3.8) is 0 Å². The zero-order chi connectivity index (χ0) is 20.1. The molecule has 0 unspecified atom stereocenters. The number of aromatic nitrogens is 2. The Morgan fingerprint density at radius 3 is 2.50 bits per heavy atom. The highest BCUT2D eigenvalue weighted by atomic mass is 32.2. The van der Waals surface area contributed by atoms with Gasteiger partial charge in [0.25, 0.3) is 5.56 Å². The fourth-order valence-electron chi connectivity index (χ4n) is 3.00. The lowest BCUT2D eigenvalue weighted by Gasteiger charge is -2.20. The summed E-state index contributed by atoms with van der Waals surface area (Å²) in [6.45, 7) is 5.99. The molecule has 0 radical (unpaired) electrons. The van der Waals surface area contributed by atoms with Crippen molar-refractivity contribution in [2.45, 2.75) is 44.4 Å². The number of carbonyl (C=O) groups is 1. The molecule has 1 heterocycles. The molecule has 3 rings (SSSR count). The second-order valence-corrected chi connectivity index (χ2v) is 7.78. The minimum absolute atomic E-state index is 0.0549. The third-order valence-electron chi connectivity index (χ3n) is 4.80. The number of para-hydroxylation sites is 1. The number of carbonyl (C=O) groups excluding carboxylic acids is 1. The summed E-state index contributed by atoms with van der Waals surface area (Å²) >= 11 is 1.30. The Bertz CT molecular complexity index is 1020. The smallest absolute Gasteiger partial charge is 0.262 e. The third kappa shape index (κ3) is 4.44. The van der Waals surface area contributed by atoms with Gasteiger partial charge in [-0.2, -0.15) is 0 Å². The van der Waals surface area contributed by atoms with Gasteiger partial charge in [-0.3, -0.25) is 14.2 Å². The Balaban J connectivity index is 2.00. The zero-order valence-electron chi connectivity index (χ0n) is 16.4. The number of thioether (sulfide) groups is 1. The molecule has 2 atom stereocenters. The molecule has 0 spiro atoms. The lowest BCUT2D eigenvalue weighted by atomic mass is 10.1. The SMILES string of the molecule is CC[C@@H](C)NC(=O)CSc1nc2ccccc2c(=O)n1[C@H](C)c1ccccc1. The van der Waals surface area contributed by atoms with E-state index in [1.807, 2.05) is 69.3 Å². The maximum Gasteiger partial charge on any atom is 0.262 e. The van der Waals surface area contributed by atoms with Crippen LogP contribution in [0.3, 0.4) is 0 Å². The standard InChI is InChI=1S/C22H25N3O2S/c1-4-15(2)23-20(26)14-28-22-24-19-13-9-8-12-18(19)21(27)25(22)16(3)17-10-6-5-7-11-17/h5-13,15-16H,4,14H2,1-3H3,(H,23,26)/t15-,16-/m1/s1. The largest absolute Gasteiger partial charge is 0.353 e. The summed E-state index contributed by atoms with van der Waals surface area (Å²) in [5.74, 6) is 0.164. The summed E-state index contributed by atoms with van der Waals surface area (Å²) in [7, 11) is 0. The van der Waals surface area contributed by atoms with Crippen LogP contribution in [0.1, 0.15) is 38.8 Å². The first kappa shape index (κ1) is 20.1. The summed E-state index contributed by atoms with van der Waals surface area (Å²) in [5, 5.41) is 4.09. The van der Waals surface area contributed by atoms with Gasteiger partial charge >= 0.3 is 0 Å². The molecule has 146 valence electrons. The van der Waals surface area contributed by atoms with Crippen LogP contribution in [0.2, 0.25) is 0 Å². The van der Waals surface area contributed by atoms with Gasteiger partial charge in [-0.25, -0.2) is 4.98 Å². The Labute approximate surface area is 169 Å². The molecule has 0 bridgehead atoms. The van der Waals surface area contributed by atoms with Crippen LogP contribution in [0.25, 0.3) is 10.9 Å². The van der Waals surface area contributed by atoms with E-state index in [1.54, 1.807) is 10.6 Å². The molecule has 1 N–H and O–H groups in total. The summed E-state index contributed by atoms with van der Waals surface area (Å²) in [6.07, 6.45) is 0.875. The van der Waals surface area contributed by atoms with Gasteiger partial charge in [-0.15, -0.1) is 0 Å². The Kier molecular flexibility index (Phi) is 6.52. The molecule has 1 aromatic heterocycles. The Hall–Kier alpha value is -2.60. The van der Waals surface area contributed by atoms with Crippen molar-refractivity contribution in [3.05, 3.63) is 70.5 Å². The zero-order valence-corrected chi connectivity index (χ0v) is 17.2. The first-order chi connectivity index (χ1) is 13.5. The lowest BCUT2D eigenvalue weighted by molar-refractivity contribution is -0.119. The monoisotopic (exact) mass is 395 g/mol. The molecular weight excluding hydrogens is 370 g/mol. The number of amides is 1. The number of hydrogen-bond acceptors (Lipinski definition) is 4. The van der Waals surface area contributed by atoms with Crippen LogP contribution in [0.5, 0.6) is 0 Å². The van der Waals surface area contributed by atoms with E-state index < -0.39 is 0 Å². The molecule has 0 aliphatic rings. The maximum atomic E-state index is 13.2. The summed E-state index contributed by atoms with van der Waals surface area (Å²) < 4.78 is 1.69. The average Bonchev–Trinajstić information content (AvgIpc) is 2.72. The normalized spacial score (nSPS) is 13.2. The first-order valence-electron chi connectivity index (χ1n) is 9.49. The van der Waals surface area contributed by atoms with Crippen LogP contribution in [0.4, 0.5) is 0 Å². The highest BCUT2D eigenvalue weighted by Crippen LogP contribution is 2.24. The van der Waals surface area contributed by atoms with Crippen LogP contribution in [0, 0.1) is 0 Å². The molecule has 0 saturated carbocycles. The molecule has 3 aromatic rings. The molecule has 1 amide bonds. The van der Waals surface area contributed by atoms with Gasteiger partial charge in [-0.05, 0) is 38.0 Å². The number of hydrogen-bond donors (Lipinski definition) is 1. The van der Waals surface area contributed by atoms with Crippen molar-refractivity contribution < 1.29 is 4.79 Å². The number of rotatable bonds is 7. The predicted molar refractivity (Wildman–Crippen MR) is 115 cm³/mol. The van der Waals surface area contributed by atoms with E-state index in [9.17, 15) is 9.59 Å². The summed E-state index contributed by atoms with van der Waals surface area (Å²) in [4.78, 5) is 30.2. The Morgan fingerprint density at radius 1 is 1.11 bits per heavy atom. The van der Waals surface area contributed by atoms with Crippen molar-refractivity contribution >= 4 is 28.6 Å². The topological polar surface area (TPSA) is 64.0 Å². The summed E-state index contributed by atoms with van der Waals surface area (Å²) in [5.41, 5.74) is 1.58. The molecule has 0 fully saturated rings. The maximum absolute atomic E-state index is 13.2. The van der Waals surface area contributed by atoms with Gasteiger partial charge in [-0.1, -0.05) is 61.2 Å². The van der Waals surface area contributed by atoms with Gasteiger partial charge in [0.1, 0.15) is 0 Å². The van der Waals surface area contributed by atoms with E-state index in [0.717, 1.165) is 12.0 Å². The summed E-state index contributed by atoms with van der Waals surface area (Å²) in [6, 6.07) is 17.1. The van der Waals surface area contributed by atoms with E-state index in [1.165, 1.54) is 11.8 Å². The first-order valence-corrected chi connectivity index (χ1v) is 10.5. The number of fused-ring (bicyclic) bond motifs is 1. The van der Waals surface area contributed by atoms with E-state index in [4.69, 9.17) is 4.98 Å². The van der Waals surface area contributed by atoms with Crippen molar-refractivity contribution in [2.24, 2.45) is 0 Å². The number of nitrogens with zero attached hydrogens (tertiary/aromatic N) is 2. The van der Waals surface area contributed by atoms with Crippen molar-refractivity contribution in [1.29, 1.82) is 0 Å². The lowest BCUT2D eigenvalue weighted by Crippen LogP contribution is -2.33. The molecule has 0 aliphatic carbocycles. The fourth-order valence-corrected chi connectivity index (χ4v) is 3.88. The molecule has 6 heteroatoms. The van der Waals surface area contributed by atoms with Crippen LogP contribution in [-0.4, -0.2) is 27.3 Å². The van der Waals surface area contributed by atoms with Gasteiger partial charge in [0.15, 0.2) is 5.16 Å². The van der Waals surface area contributed by atoms with Crippen LogP contribution in [0.15, 0.2) is 64.5 Å².